The van der Waals surface area contributed by atoms with Gasteiger partial charge in [-0.1, -0.05) is 18.2 Å². The Morgan fingerprint density at radius 1 is 1.25 bits per heavy atom. The first-order chi connectivity index (χ1) is 9.20. The average Bonchev–Trinajstić information content (AvgIpc) is 2.28. The van der Waals surface area contributed by atoms with E-state index >= 15 is 0 Å². The number of para-hydroxylation sites is 1. The molecule has 0 bridgehead atoms. The normalized spacial score (nSPS) is 10.5. The van der Waals surface area contributed by atoms with E-state index in [-0.39, 0.29) is 11.3 Å². The zero-order valence-corrected chi connectivity index (χ0v) is 12.1. The van der Waals surface area contributed by atoms with Crippen molar-refractivity contribution in [3.05, 3.63) is 30.3 Å². The largest absolute Gasteiger partial charge is 0.524 e. The number of nitrogens with two attached hydrogens (primary N) is 1. The highest BCUT2D eigenvalue weighted by Gasteiger charge is 2.15. The first-order valence-corrected chi connectivity index (χ1v) is 7.19. The molecule has 5 nitrogen and oxygen atoms in total. The standard InChI is InChI=1S/C8H11N.C6H7O4P/c1-4-6-8(3,9)7-5-2;7-11(8,9)10-6-4-2-1-3-5-6/h1-2H,6-7,9H2,3H3;1-5H,(H2,7,8,9). The molecule has 108 valence electrons. The molecule has 20 heavy (non-hydrogen) atoms. The summed E-state index contributed by atoms with van der Waals surface area (Å²) in [7, 11) is -4.39. The van der Waals surface area contributed by atoms with Gasteiger partial charge in [0.1, 0.15) is 5.75 Å². The van der Waals surface area contributed by atoms with E-state index in [0.29, 0.717) is 12.8 Å². The third-order valence-electron chi connectivity index (χ3n) is 1.98. The van der Waals surface area contributed by atoms with Gasteiger partial charge in [0, 0.05) is 18.4 Å². The SMILES string of the molecule is C#CCC(C)(N)CC#C.O=P(O)(O)Oc1ccccc1. The van der Waals surface area contributed by atoms with E-state index < -0.39 is 7.82 Å². The smallest absolute Gasteiger partial charge is 0.404 e. The zero-order valence-electron chi connectivity index (χ0n) is 11.2. The predicted octanol–water partition coefficient (Wildman–Crippen LogP) is 1.91. The topological polar surface area (TPSA) is 92.8 Å². The number of rotatable bonds is 4. The molecular formula is C14H18NO4P. The lowest BCUT2D eigenvalue weighted by Crippen LogP contribution is -2.34. The molecule has 0 unspecified atom stereocenters. The van der Waals surface area contributed by atoms with Gasteiger partial charge in [-0.3, -0.25) is 9.79 Å². The second-order valence-corrected chi connectivity index (χ2v) is 5.47. The molecule has 0 heterocycles. The molecule has 0 aromatic heterocycles. The van der Waals surface area contributed by atoms with Crippen LogP contribution >= 0.6 is 7.82 Å². The van der Waals surface area contributed by atoms with Crippen LogP contribution in [0.2, 0.25) is 0 Å². The molecule has 6 heteroatoms. The first kappa shape index (κ1) is 18.2. The Labute approximate surface area is 119 Å². The Kier molecular flexibility index (Phi) is 7.69. The molecular weight excluding hydrogens is 277 g/mol. The molecule has 1 aromatic rings. The summed E-state index contributed by atoms with van der Waals surface area (Å²) in [4.78, 5) is 16.7. The van der Waals surface area contributed by atoms with Gasteiger partial charge >= 0.3 is 7.82 Å². The fourth-order valence-corrected chi connectivity index (χ4v) is 1.54. The van der Waals surface area contributed by atoms with Crippen molar-refractivity contribution in [2.45, 2.75) is 25.3 Å². The quantitative estimate of drug-likeness (QED) is 0.583. The van der Waals surface area contributed by atoms with E-state index in [9.17, 15) is 4.57 Å². The second kappa shape index (κ2) is 8.43. The van der Waals surface area contributed by atoms with Crippen molar-refractivity contribution in [2.75, 3.05) is 0 Å². The van der Waals surface area contributed by atoms with Gasteiger partial charge in [-0.15, -0.1) is 24.7 Å². The lowest BCUT2D eigenvalue weighted by atomic mass is 9.96. The van der Waals surface area contributed by atoms with Crippen LogP contribution in [0.15, 0.2) is 30.3 Å². The number of hydrogen-bond donors (Lipinski definition) is 3. The highest BCUT2D eigenvalue weighted by molar-refractivity contribution is 7.46. The lowest BCUT2D eigenvalue weighted by molar-refractivity contribution is 0.283. The molecule has 4 N–H and O–H groups in total. The molecule has 0 saturated heterocycles. The summed E-state index contributed by atoms with van der Waals surface area (Å²) in [5.74, 6) is 5.11. The van der Waals surface area contributed by atoms with Gasteiger partial charge in [0.05, 0.1) is 0 Å². The maximum absolute atomic E-state index is 10.3. The molecule has 0 aliphatic rings. The minimum Gasteiger partial charge on any atom is -0.404 e. The lowest BCUT2D eigenvalue weighted by Gasteiger charge is -2.17. The van der Waals surface area contributed by atoms with Crippen LogP contribution in [0.25, 0.3) is 0 Å². The molecule has 0 spiro atoms. The maximum atomic E-state index is 10.3. The number of hydrogen-bond acceptors (Lipinski definition) is 3. The Hall–Kier alpha value is -1.75. The third kappa shape index (κ3) is 10.2. The molecule has 1 aromatic carbocycles. The summed E-state index contributed by atoms with van der Waals surface area (Å²) in [5, 5.41) is 0. The summed E-state index contributed by atoms with van der Waals surface area (Å²) < 4.78 is 14.5. The van der Waals surface area contributed by atoms with Crippen molar-refractivity contribution in [1.29, 1.82) is 0 Å². The van der Waals surface area contributed by atoms with Crippen molar-refractivity contribution in [1.82, 2.24) is 0 Å². The fraction of sp³-hybridized carbons (Fsp3) is 0.286. The number of phosphoric ester groups is 1. The second-order valence-electron chi connectivity index (χ2n) is 4.31. The molecule has 0 radical (unpaired) electrons. The van der Waals surface area contributed by atoms with Crippen molar-refractivity contribution in [3.8, 4) is 30.4 Å². The van der Waals surface area contributed by atoms with Crippen molar-refractivity contribution >= 4 is 7.82 Å². The maximum Gasteiger partial charge on any atom is 0.524 e. The molecule has 1 rings (SSSR count). The summed E-state index contributed by atoms with van der Waals surface area (Å²) in [5.41, 5.74) is 5.28. The van der Waals surface area contributed by atoms with E-state index in [1.165, 1.54) is 12.1 Å². The van der Waals surface area contributed by atoms with Gasteiger partial charge in [0.25, 0.3) is 0 Å². The number of phosphoric acid groups is 1. The van der Waals surface area contributed by atoms with Gasteiger partial charge in [-0.2, -0.15) is 0 Å². The van der Waals surface area contributed by atoms with Crippen LogP contribution < -0.4 is 10.3 Å². The summed E-state index contributed by atoms with van der Waals surface area (Å²) in [6.07, 6.45) is 11.2. The Bertz CT molecular complexity index is 504. The zero-order chi connectivity index (χ0) is 15.6. The molecule has 0 saturated carbocycles. The minimum absolute atomic E-state index is 0.167. The fourth-order valence-electron chi connectivity index (χ4n) is 1.15. The highest BCUT2D eigenvalue weighted by Crippen LogP contribution is 2.36. The van der Waals surface area contributed by atoms with Crippen LogP contribution in [-0.4, -0.2) is 15.3 Å². The van der Waals surface area contributed by atoms with Gasteiger partial charge in [-0.05, 0) is 19.1 Å². The predicted molar refractivity (Wildman–Crippen MR) is 78.6 cm³/mol. The van der Waals surface area contributed by atoms with Crippen LogP contribution in [0, 0.1) is 24.7 Å². The summed E-state index contributed by atoms with van der Waals surface area (Å²) in [6.45, 7) is 1.85. The Morgan fingerprint density at radius 2 is 1.70 bits per heavy atom. The molecule has 0 fully saturated rings. The average molecular weight is 295 g/mol. The van der Waals surface area contributed by atoms with E-state index in [1.807, 2.05) is 6.92 Å². The summed E-state index contributed by atoms with van der Waals surface area (Å²) >= 11 is 0. The van der Waals surface area contributed by atoms with E-state index in [4.69, 9.17) is 28.4 Å². The first-order valence-electron chi connectivity index (χ1n) is 5.66. The van der Waals surface area contributed by atoms with E-state index in [0.717, 1.165) is 0 Å². The monoisotopic (exact) mass is 295 g/mol. The molecule has 0 aliphatic carbocycles. The van der Waals surface area contributed by atoms with Crippen LogP contribution in [-0.2, 0) is 4.57 Å². The molecule has 0 aliphatic heterocycles. The number of benzene rings is 1. The van der Waals surface area contributed by atoms with Gasteiger partial charge in [0.2, 0.25) is 0 Å². The van der Waals surface area contributed by atoms with Crippen molar-refractivity contribution < 1.29 is 18.9 Å². The van der Waals surface area contributed by atoms with Crippen LogP contribution in [0.3, 0.4) is 0 Å². The highest BCUT2D eigenvalue weighted by atomic mass is 31.2. The molecule has 0 atom stereocenters. The van der Waals surface area contributed by atoms with Crippen LogP contribution in [0.1, 0.15) is 19.8 Å². The Morgan fingerprint density at radius 3 is 2.05 bits per heavy atom. The van der Waals surface area contributed by atoms with Crippen molar-refractivity contribution in [3.63, 3.8) is 0 Å². The summed E-state index contributed by atoms with van der Waals surface area (Å²) in [6, 6.07) is 7.93. The minimum atomic E-state index is -4.39. The Balaban J connectivity index is 0.000000370. The van der Waals surface area contributed by atoms with Gasteiger partial charge in [0.15, 0.2) is 0 Å². The molecule has 0 amide bonds. The van der Waals surface area contributed by atoms with Gasteiger partial charge in [-0.25, -0.2) is 4.57 Å². The van der Waals surface area contributed by atoms with Crippen LogP contribution in [0.5, 0.6) is 5.75 Å². The number of terminal acetylenes is 2. The van der Waals surface area contributed by atoms with E-state index in [2.05, 4.69) is 16.4 Å². The van der Waals surface area contributed by atoms with Crippen molar-refractivity contribution in [2.24, 2.45) is 5.73 Å². The van der Waals surface area contributed by atoms with Crippen LogP contribution in [0.4, 0.5) is 0 Å². The van der Waals surface area contributed by atoms with Gasteiger partial charge < -0.3 is 10.3 Å². The van der Waals surface area contributed by atoms with E-state index in [1.54, 1.807) is 18.2 Å². The third-order valence-corrected chi connectivity index (χ3v) is 2.43.